The predicted molar refractivity (Wildman–Crippen MR) is 83.6 cm³/mol. The molecule has 0 aliphatic heterocycles. The maximum Gasteiger partial charge on any atom is 0.149 e. The third-order valence-electron chi connectivity index (χ3n) is 3.19. The van der Waals surface area contributed by atoms with Crippen molar-refractivity contribution in [2.75, 3.05) is 6.54 Å². The molecule has 2 heterocycles. The van der Waals surface area contributed by atoms with Gasteiger partial charge in [-0.25, -0.2) is 19.0 Å². The Morgan fingerprint density at radius 1 is 1.36 bits per heavy atom. The van der Waals surface area contributed by atoms with Crippen molar-refractivity contribution in [3.8, 4) is 5.69 Å². The van der Waals surface area contributed by atoms with Crippen LogP contribution >= 0.6 is 11.3 Å². The average molecular weight is 317 g/mol. The summed E-state index contributed by atoms with van der Waals surface area (Å²) in [6.07, 6.45) is 3.75. The predicted octanol–water partition coefficient (Wildman–Crippen LogP) is 2.50. The van der Waals surface area contributed by atoms with Gasteiger partial charge < -0.3 is 5.32 Å². The maximum atomic E-state index is 14.1. The molecule has 3 aromatic rings. The normalized spacial score (nSPS) is 11.0. The first-order valence-corrected chi connectivity index (χ1v) is 7.85. The van der Waals surface area contributed by atoms with E-state index in [2.05, 4.69) is 20.4 Å². The van der Waals surface area contributed by atoms with E-state index in [1.54, 1.807) is 17.4 Å². The summed E-state index contributed by atoms with van der Waals surface area (Å²) < 4.78 is 15.5. The van der Waals surface area contributed by atoms with Gasteiger partial charge in [-0.3, -0.25) is 0 Å². The fourth-order valence-corrected chi connectivity index (χ4v) is 2.90. The molecule has 0 bridgehead atoms. The molecule has 0 fully saturated rings. The molecule has 22 heavy (non-hydrogen) atoms. The largest absolute Gasteiger partial charge is 0.312 e. The van der Waals surface area contributed by atoms with Crippen molar-refractivity contribution in [3.05, 3.63) is 58.3 Å². The zero-order valence-electron chi connectivity index (χ0n) is 12.2. The monoisotopic (exact) mass is 317 g/mol. The van der Waals surface area contributed by atoms with E-state index >= 15 is 0 Å². The van der Waals surface area contributed by atoms with Gasteiger partial charge in [-0.05, 0) is 24.6 Å². The number of nitrogens with one attached hydrogen (secondary N) is 1. The summed E-state index contributed by atoms with van der Waals surface area (Å²) in [6.45, 7) is 3.44. The Bertz CT molecular complexity index is 738. The lowest BCUT2D eigenvalue weighted by Crippen LogP contribution is -2.17. The van der Waals surface area contributed by atoms with Crippen LogP contribution in [0.1, 0.15) is 16.3 Å². The summed E-state index contributed by atoms with van der Waals surface area (Å²) in [5.74, 6) is -0.305. The lowest BCUT2D eigenvalue weighted by atomic mass is 10.2. The summed E-state index contributed by atoms with van der Waals surface area (Å²) in [5.41, 5.74) is 2.36. The van der Waals surface area contributed by atoms with Crippen LogP contribution in [0.4, 0.5) is 4.39 Å². The molecule has 0 amide bonds. The Balaban J connectivity index is 1.54. The third-order valence-corrected chi connectivity index (χ3v) is 4.22. The number of thiazole rings is 1. The van der Waals surface area contributed by atoms with Gasteiger partial charge in [0.15, 0.2) is 0 Å². The average Bonchev–Trinajstić information content (AvgIpc) is 3.15. The number of halogens is 1. The summed E-state index contributed by atoms with van der Waals surface area (Å²) in [4.78, 5) is 8.23. The van der Waals surface area contributed by atoms with Crippen LogP contribution in [0.5, 0.6) is 0 Å². The van der Waals surface area contributed by atoms with E-state index in [1.807, 2.05) is 18.4 Å². The molecule has 0 radical (unpaired) electrons. The Morgan fingerprint density at radius 3 is 2.95 bits per heavy atom. The van der Waals surface area contributed by atoms with Crippen LogP contribution < -0.4 is 5.32 Å². The van der Waals surface area contributed by atoms with Crippen molar-refractivity contribution in [2.45, 2.75) is 19.9 Å². The smallest absolute Gasteiger partial charge is 0.149 e. The number of benzene rings is 1. The second-order valence-electron chi connectivity index (χ2n) is 4.94. The molecule has 0 unspecified atom stereocenters. The molecule has 2 aromatic heterocycles. The molecule has 0 atom stereocenters. The number of hydrogen-bond acceptors (Lipinski definition) is 5. The maximum absolute atomic E-state index is 14.1. The van der Waals surface area contributed by atoms with Crippen molar-refractivity contribution < 1.29 is 4.39 Å². The first kappa shape index (κ1) is 14.8. The zero-order chi connectivity index (χ0) is 15.4. The van der Waals surface area contributed by atoms with Gasteiger partial charge in [0.25, 0.3) is 0 Å². The van der Waals surface area contributed by atoms with Crippen molar-refractivity contribution in [1.82, 2.24) is 25.1 Å². The highest BCUT2D eigenvalue weighted by Crippen LogP contribution is 2.14. The minimum atomic E-state index is -0.305. The van der Waals surface area contributed by atoms with Crippen molar-refractivity contribution >= 4 is 11.3 Å². The molecule has 0 saturated carbocycles. The third kappa shape index (κ3) is 3.55. The molecule has 0 saturated heterocycles. The minimum absolute atomic E-state index is 0.305. The van der Waals surface area contributed by atoms with Crippen LogP contribution in [0.2, 0.25) is 0 Å². The summed E-state index contributed by atoms with van der Waals surface area (Å²) in [5, 5.41) is 10.4. The first-order valence-electron chi connectivity index (χ1n) is 6.97. The first-order chi connectivity index (χ1) is 10.7. The second-order valence-corrected chi connectivity index (χ2v) is 5.88. The summed E-state index contributed by atoms with van der Waals surface area (Å²) >= 11 is 1.67. The molecule has 0 spiro atoms. The van der Waals surface area contributed by atoms with Crippen LogP contribution in [-0.2, 0) is 13.0 Å². The number of rotatable bonds is 6. The Labute approximate surface area is 131 Å². The van der Waals surface area contributed by atoms with E-state index in [1.165, 1.54) is 23.4 Å². The highest BCUT2D eigenvalue weighted by Gasteiger charge is 2.06. The van der Waals surface area contributed by atoms with Crippen molar-refractivity contribution in [2.24, 2.45) is 0 Å². The Kier molecular flexibility index (Phi) is 4.55. The lowest BCUT2D eigenvalue weighted by molar-refractivity contribution is 0.604. The topological polar surface area (TPSA) is 55.6 Å². The second kappa shape index (κ2) is 6.76. The molecule has 1 aromatic carbocycles. The fourth-order valence-electron chi connectivity index (χ4n) is 2.12. The van der Waals surface area contributed by atoms with Crippen molar-refractivity contribution in [3.63, 3.8) is 0 Å². The molecular weight excluding hydrogens is 301 g/mol. The van der Waals surface area contributed by atoms with E-state index in [9.17, 15) is 4.39 Å². The number of hydrogen-bond donors (Lipinski definition) is 1. The van der Waals surface area contributed by atoms with Gasteiger partial charge in [0.05, 0.1) is 5.01 Å². The van der Waals surface area contributed by atoms with Crippen LogP contribution in [-0.4, -0.2) is 26.3 Å². The van der Waals surface area contributed by atoms with Gasteiger partial charge in [-0.1, -0.05) is 6.07 Å². The van der Waals surface area contributed by atoms with E-state index in [0.29, 0.717) is 12.2 Å². The van der Waals surface area contributed by atoms with E-state index in [4.69, 9.17) is 0 Å². The molecule has 5 nitrogen and oxygen atoms in total. The number of aryl methyl sites for hydroxylation is 1. The van der Waals surface area contributed by atoms with Crippen LogP contribution in [0.3, 0.4) is 0 Å². The van der Waals surface area contributed by atoms with Gasteiger partial charge in [0, 0.05) is 30.6 Å². The molecule has 0 aliphatic rings. The zero-order valence-corrected chi connectivity index (χ0v) is 13.0. The molecule has 7 heteroatoms. The van der Waals surface area contributed by atoms with Gasteiger partial charge >= 0.3 is 0 Å². The Hall–Kier alpha value is -2.12. The number of nitrogens with zero attached hydrogens (tertiary/aromatic N) is 4. The quantitative estimate of drug-likeness (QED) is 0.710. The molecule has 3 rings (SSSR count). The molecular formula is C15H16FN5S. The molecule has 114 valence electrons. The highest BCUT2D eigenvalue weighted by atomic mass is 32.1. The van der Waals surface area contributed by atoms with Gasteiger partial charge in [-0.2, -0.15) is 5.10 Å². The fraction of sp³-hybridized carbons (Fsp3) is 0.267. The molecule has 0 aliphatic carbocycles. The van der Waals surface area contributed by atoms with E-state index in [0.717, 1.165) is 29.2 Å². The summed E-state index contributed by atoms with van der Waals surface area (Å²) in [7, 11) is 0. The van der Waals surface area contributed by atoms with Crippen LogP contribution in [0.25, 0.3) is 5.69 Å². The van der Waals surface area contributed by atoms with Gasteiger partial charge in [0.2, 0.25) is 0 Å². The number of aromatic nitrogens is 4. The van der Waals surface area contributed by atoms with Gasteiger partial charge in [-0.15, -0.1) is 11.3 Å². The lowest BCUT2D eigenvalue weighted by Gasteiger charge is -2.07. The SMILES string of the molecule is Cc1csc(CCNCc2ccc(-n3cncn3)c(F)c2)n1. The Morgan fingerprint density at radius 2 is 2.27 bits per heavy atom. The minimum Gasteiger partial charge on any atom is -0.312 e. The van der Waals surface area contributed by atoms with Crippen LogP contribution in [0.15, 0.2) is 36.2 Å². The van der Waals surface area contributed by atoms with Gasteiger partial charge in [0.1, 0.15) is 24.2 Å². The summed E-state index contributed by atoms with van der Waals surface area (Å²) in [6, 6.07) is 5.13. The van der Waals surface area contributed by atoms with E-state index < -0.39 is 0 Å². The van der Waals surface area contributed by atoms with Crippen LogP contribution in [0, 0.1) is 12.7 Å². The molecule has 1 N–H and O–H groups in total. The highest BCUT2D eigenvalue weighted by molar-refractivity contribution is 7.09. The standard InChI is InChI=1S/C15H16FN5S/c1-11-8-22-15(20-11)4-5-17-7-12-2-3-14(13(16)6-12)21-10-18-9-19-21/h2-3,6,8-10,17H,4-5,7H2,1H3. The van der Waals surface area contributed by atoms with E-state index in [-0.39, 0.29) is 5.82 Å². The van der Waals surface area contributed by atoms with Crippen molar-refractivity contribution in [1.29, 1.82) is 0 Å².